The molecule has 3 rings (SSSR count). The molecule has 0 radical (unpaired) electrons. The van der Waals surface area contributed by atoms with E-state index < -0.39 is 0 Å². The Labute approximate surface area is 120 Å². The minimum atomic E-state index is 0.0899. The summed E-state index contributed by atoms with van der Waals surface area (Å²) in [5.41, 5.74) is 7.36. The number of phenolic OH excluding ortho intramolecular Hbond substituents is 1. The third kappa shape index (κ3) is 2.39. The smallest absolute Gasteiger partial charge is 0.229 e. The number of aromatic nitrogens is 1. The molecule has 0 bridgehead atoms. The second-order valence-corrected chi connectivity index (χ2v) is 5.71. The lowest BCUT2D eigenvalue weighted by molar-refractivity contribution is -0.117. The van der Waals surface area contributed by atoms with Gasteiger partial charge in [-0.3, -0.25) is 9.69 Å². The first kappa shape index (κ1) is 13.1. The normalized spacial score (nSPS) is 18.8. The third-order valence-corrected chi connectivity index (χ3v) is 4.29. The Morgan fingerprint density at radius 1 is 1.40 bits per heavy atom. The van der Waals surface area contributed by atoms with Gasteiger partial charge in [0, 0.05) is 23.9 Å². The van der Waals surface area contributed by atoms with Gasteiger partial charge in [0.15, 0.2) is 5.13 Å². The van der Waals surface area contributed by atoms with Crippen molar-refractivity contribution in [3.63, 3.8) is 0 Å². The Morgan fingerprint density at radius 2 is 2.15 bits per heavy atom. The summed E-state index contributed by atoms with van der Waals surface area (Å²) in [5, 5.41) is 11.9. The molecule has 2 heterocycles. The Hall–Kier alpha value is -1.92. The molecular weight excluding hydrogens is 274 g/mol. The lowest BCUT2D eigenvalue weighted by Gasteiger charge is -2.11. The van der Waals surface area contributed by atoms with Gasteiger partial charge in [-0.1, -0.05) is 0 Å². The van der Waals surface area contributed by atoms with E-state index in [4.69, 9.17) is 5.73 Å². The SMILES string of the molecule is NCC1CC(=O)N(c2nc(-c3ccc(O)cc3)cs2)C1. The van der Waals surface area contributed by atoms with Crippen LogP contribution in [0.25, 0.3) is 11.3 Å². The number of hydrogen-bond donors (Lipinski definition) is 2. The molecule has 0 aliphatic carbocycles. The number of anilines is 1. The van der Waals surface area contributed by atoms with E-state index in [1.807, 2.05) is 17.5 Å². The summed E-state index contributed by atoms with van der Waals surface area (Å²) in [6, 6.07) is 6.87. The van der Waals surface area contributed by atoms with E-state index in [1.165, 1.54) is 11.3 Å². The minimum absolute atomic E-state index is 0.0899. The summed E-state index contributed by atoms with van der Waals surface area (Å²) in [6.45, 7) is 1.18. The van der Waals surface area contributed by atoms with E-state index in [0.717, 1.165) is 11.3 Å². The summed E-state index contributed by atoms with van der Waals surface area (Å²) in [4.78, 5) is 18.2. The van der Waals surface area contributed by atoms with Crippen LogP contribution in [0.5, 0.6) is 5.75 Å². The number of thiazole rings is 1. The highest BCUT2D eigenvalue weighted by atomic mass is 32.1. The first-order valence-corrected chi connectivity index (χ1v) is 7.30. The molecule has 0 saturated carbocycles. The van der Waals surface area contributed by atoms with Crippen LogP contribution in [-0.2, 0) is 4.79 Å². The molecular formula is C14H15N3O2S. The maximum Gasteiger partial charge on any atom is 0.229 e. The van der Waals surface area contributed by atoms with Crippen molar-refractivity contribution in [2.24, 2.45) is 11.7 Å². The number of nitrogens with zero attached hydrogens (tertiary/aromatic N) is 2. The number of nitrogens with two attached hydrogens (primary N) is 1. The number of hydrogen-bond acceptors (Lipinski definition) is 5. The van der Waals surface area contributed by atoms with E-state index in [2.05, 4.69) is 4.98 Å². The van der Waals surface area contributed by atoms with Crippen molar-refractivity contribution in [3.8, 4) is 17.0 Å². The summed E-state index contributed by atoms with van der Waals surface area (Å²) >= 11 is 1.45. The number of phenols is 1. The van der Waals surface area contributed by atoms with E-state index in [9.17, 15) is 9.90 Å². The van der Waals surface area contributed by atoms with Crippen molar-refractivity contribution in [1.82, 2.24) is 4.98 Å². The monoisotopic (exact) mass is 289 g/mol. The van der Waals surface area contributed by atoms with Crippen LogP contribution in [0.2, 0.25) is 0 Å². The molecule has 3 N–H and O–H groups in total. The van der Waals surface area contributed by atoms with Crippen molar-refractivity contribution < 1.29 is 9.90 Å². The van der Waals surface area contributed by atoms with Crippen molar-refractivity contribution in [3.05, 3.63) is 29.6 Å². The maximum atomic E-state index is 11.9. The zero-order valence-electron chi connectivity index (χ0n) is 10.8. The second-order valence-electron chi connectivity index (χ2n) is 4.87. The highest BCUT2D eigenvalue weighted by Crippen LogP contribution is 2.31. The quantitative estimate of drug-likeness (QED) is 0.903. The molecule has 5 nitrogen and oxygen atoms in total. The van der Waals surface area contributed by atoms with Crippen LogP contribution in [0.3, 0.4) is 0 Å². The van der Waals surface area contributed by atoms with Crippen LogP contribution < -0.4 is 10.6 Å². The average molecular weight is 289 g/mol. The topological polar surface area (TPSA) is 79.5 Å². The third-order valence-electron chi connectivity index (χ3n) is 3.42. The number of amides is 1. The van der Waals surface area contributed by atoms with Gasteiger partial charge in [-0.15, -0.1) is 11.3 Å². The summed E-state index contributed by atoms with van der Waals surface area (Å²) in [5.74, 6) is 0.542. The highest BCUT2D eigenvalue weighted by Gasteiger charge is 2.31. The van der Waals surface area contributed by atoms with Gasteiger partial charge >= 0.3 is 0 Å². The first-order valence-electron chi connectivity index (χ1n) is 6.42. The van der Waals surface area contributed by atoms with E-state index in [0.29, 0.717) is 24.6 Å². The molecule has 1 fully saturated rings. The van der Waals surface area contributed by atoms with Gasteiger partial charge in [-0.05, 0) is 36.7 Å². The van der Waals surface area contributed by atoms with Gasteiger partial charge in [0.1, 0.15) is 5.75 Å². The van der Waals surface area contributed by atoms with Crippen molar-refractivity contribution in [2.75, 3.05) is 18.0 Å². The zero-order valence-corrected chi connectivity index (χ0v) is 11.6. The number of carbonyl (C=O) groups excluding carboxylic acids is 1. The number of benzene rings is 1. The predicted molar refractivity (Wildman–Crippen MR) is 78.7 cm³/mol. The Morgan fingerprint density at radius 3 is 2.80 bits per heavy atom. The van der Waals surface area contributed by atoms with Gasteiger partial charge < -0.3 is 10.8 Å². The van der Waals surface area contributed by atoms with Gasteiger partial charge in [-0.25, -0.2) is 4.98 Å². The number of aromatic hydroxyl groups is 1. The zero-order chi connectivity index (χ0) is 14.1. The fourth-order valence-electron chi connectivity index (χ4n) is 2.28. The Kier molecular flexibility index (Phi) is 3.42. The van der Waals surface area contributed by atoms with Crippen LogP contribution in [0.15, 0.2) is 29.6 Å². The fourth-order valence-corrected chi connectivity index (χ4v) is 3.14. The molecule has 104 valence electrons. The van der Waals surface area contributed by atoms with Crippen LogP contribution >= 0.6 is 11.3 Å². The van der Waals surface area contributed by atoms with Crippen LogP contribution in [0.1, 0.15) is 6.42 Å². The lowest BCUT2D eigenvalue weighted by Crippen LogP contribution is -2.25. The van der Waals surface area contributed by atoms with Gasteiger partial charge in [0.05, 0.1) is 5.69 Å². The van der Waals surface area contributed by atoms with Crippen LogP contribution in [0.4, 0.5) is 5.13 Å². The summed E-state index contributed by atoms with van der Waals surface area (Å²) in [6.07, 6.45) is 0.505. The standard InChI is InChI=1S/C14H15N3O2S/c15-6-9-5-13(19)17(7-9)14-16-12(8-20-14)10-1-3-11(18)4-2-10/h1-4,8-9,18H,5-7,15H2. The molecule has 1 aromatic carbocycles. The molecule has 20 heavy (non-hydrogen) atoms. The lowest BCUT2D eigenvalue weighted by atomic mass is 10.1. The number of carbonyl (C=O) groups is 1. The predicted octanol–water partition coefficient (Wildman–Crippen LogP) is 1.83. The second kappa shape index (κ2) is 5.22. The highest BCUT2D eigenvalue weighted by molar-refractivity contribution is 7.14. The Balaban J connectivity index is 1.83. The van der Waals surface area contributed by atoms with Crippen molar-refractivity contribution in [1.29, 1.82) is 0 Å². The summed E-state index contributed by atoms with van der Waals surface area (Å²) < 4.78 is 0. The molecule has 1 aliphatic heterocycles. The van der Waals surface area contributed by atoms with Gasteiger partial charge in [0.25, 0.3) is 0 Å². The summed E-state index contributed by atoms with van der Waals surface area (Å²) in [7, 11) is 0. The van der Waals surface area contributed by atoms with Crippen molar-refractivity contribution in [2.45, 2.75) is 6.42 Å². The molecule has 1 aliphatic rings. The van der Waals surface area contributed by atoms with E-state index in [-0.39, 0.29) is 17.6 Å². The first-order chi connectivity index (χ1) is 9.67. The largest absolute Gasteiger partial charge is 0.508 e. The molecule has 1 atom stereocenters. The number of rotatable bonds is 3. The average Bonchev–Trinajstić information content (AvgIpc) is 3.06. The van der Waals surface area contributed by atoms with Gasteiger partial charge in [0.2, 0.25) is 5.91 Å². The Bertz CT molecular complexity index is 624. The molecule has 0 spiro atoms. The molecule has 6 heteroatoms. The molecule has 1 amide bonds. The maximum absolute atomic E-state index is 11.9. The molecule has 2 aromatic rings. The van der Waals surface area contributed by atoms with E-state index in [1.54, 1.807) is 17.0 Å². The molecule has 1 saturated heterocycles. The minimum Gasteiger partial charge on any atom is -0.508 e. The molecule has 1 aromatic heterocycles. The fraction of sp³-hybridized carbons (Fsp3) is 0.286. The van der Waals surface area contributed by atoms with Crippen LogP contribution in [-0.4, -0.2) is 29.1 Å². The van der Waals surface area contributed by atoms with E-state index >= 15 is 0 Å². The van der Waals surface area contributed by atoms with Gasteiger partial charge in [-0.2, -0.15) is 0 Å². The molecule has 1 unspecified atom stereocenters. The van der Waals surface area contributed by atoms with Crippen LogP contribution in [0, 0.1) is 5.92 Å². The van der Waals surface area contributed by atoms with Crippen molar-refractivity contribution >= 4 is 22.4 Å².